The summed E-state index contributed by atoms with van der Waals surface area (Å²) < 4.78 is 24.8. The molecule has 0 aliphatic heterocycles. The van der Waals surface area contributed by atoms with Gasteiger partial charge in [0, 0.05) is 12.0 Å². The average molecular weight is 343 g/mol. The first-order valence-electron chi connectivity index (χ1n) is 7.50. The molecule has 0 fully saturated rings. The molecule has 2 aromatic carbocycles. The fourth-order valence-electron chi connectivity index (χ4n) is 2.65. The topological polar surface area (TPSA) is 95.0 Å². The lowest BCUT2D eigenvalue weighted by atomic mass is 10.1. The van der Waals surface area contributed by atoms with E-state index < -0.39 is 10.0 Å². The van der Waals surface area contributed by atoms with Gasteiger partial charge in [0.2, 0.25) is 10.0 Å². The molecule has 0 saturated carbocycles. The van der Waals surface area contributed by atoms with E-state index in [0.717, 1.165) is 16.9 Å². The number of fused-ring (bicyclic) bond motifs is 1. The van der Waals surface area contributed by atoms with Crippen molar-refractivity contribution in [2.45, 2.75) is 24.8 Å². The molecule has 1 aromatic heterocycles. The van der Waals surface area contributed by atoms with Crippen LogP contribution in [0.2, 0.25) is 0 Å². The third kappa shape index (κ3) is 3.08. The minimum absolute atomic E-state index is 0.0699. The number of aromatic nitrogens is 2. The van der Waals surface area contributed by atoms with Gasteiger partial charge in [0.25, 0.3) is 0 Å². The SMILES string of the molecule is CCc1nc2ccccc2n1CC(=O)c1cccc(S(N)(=O)=O)c1. The van der Waals surface area contributed by atoms with Gasteiger partial charge < -0.3 is 4.57 Å². The van der Waals surface area contributed by atoms with Crippen molar-refractivity contribution in [1.29, 1.82) is 0 Å². The normalized spacial score (nSPS) is 11.8. The van der Waals surface area contributed by atoms with Gasteiger partial charge in [0.1, 0.15) is 5.82 Å². The number of aryl methyl sites for hydroxylation is 1. The summed E-state index contributed by atoms with van der Waals surface area (Å²) in [7, 11) is -3.84. The van der Waals surface area contributed by atoms with Crippen LogP contribution in [-0.4, -0.2) is 23.8 Å². The van der Waals surface area contributed by atoms with Crippen LogP contribution in [-0.2, 0) is 23.0 Å². The minimum Gasteiger partial charge on any atom is -0.320 e. The summed E-state index contributed by atoms with van der Waals surface area (Å²) in [6, 6.07) is 13.4. The smallest absolute Gasteiger partial charge is 0.238 e. The number of imidazole rings is 1. The molecule has 0 spiro atoms. The van der Waals surface area contributed by atoms with Gasteiger partial charge in [-0.3, -0.25) is 4.79 Å². The predicted octanol–water partition coefficient (Wildman–Crippen LogP) is 2.13. The Bertz CT molecular complexity index is 1020. The summed E-state index contributed by atoms with van der Waals surface area (Å²) >= 11 is 0. The van der Waals surface area contributed by atoms with Crippen molar-refractivity contribution in [3.8, 4) is 0 Å². The molecule has 2 N–H and O–H groups in total. The molecule has 0 aliphatic carbocycles. The molecular weight excluding hydrogens is 326 g/mol. The van der Waals surface area contributed by atoms with Crippen LogP contribution in [0.5, 0.6) is 0 Å². The van der Waals surface area contributed by atoms with Crippen LogP contribution in [0.15, 0.2) is 53.4 Å². The van der Waals surface area contributed by atoms with Crippen molar-refractivity contribution in [2.75, 3.05) is 0 Å². The molecule has 0 atom stereocenters. The molecule has 0 saturated heterocycles. The molecular formula is C17H17N3O3S. The Morgan fingerprint density at radius 3 is 2.62 bits per heavy atom. The summed E-state index contributed by atoms with van der Waals surface area (Å²) in [4.78, 5) is 17.1. The van der Waals surface area contributed by atoms with Crippen molar-refractivity contribution in [2.24, 2.45) is 5.14 Å². The van der Waals surface area contributed by atoms with Crippen LogP contribution in [0.25, 0.3) is 11.0 Å². The lowest BCUT2D eigenvalue weighted by molar-refractivity contribution is 0.0972. The maximum atomic E-state index is 12.6. The molecule has 124 valence electrons. The molecule has 6 nitrogen and oxygen atoms in total. The van der Waals surface area contributed by atoms with E-state index in [0.29, 0.717) is 12.0 Å². The maximum Gasteiger partial charge on any atom is 0.238 e. The summed E-state index contributed by atoms with van der Waals surface area (Å²) in [6.07, 6.45) is 0.694. The number of ketones is 1. The van der Waals surface area contributed by atoms with Gasteiger partial charge in [0.05, 0.1) is 22.5 Å². The molecule has 0 unspecified atom stereocenters. The molecule has 24 heavy (non-hydrogen) atoms. The van der Waals surface area contributed by atoms with E-state index in [1.165, 1.54) is 18.2 Å². The molecule has 1 heterocycles. The van der Waals surface area contributed by atoms with Crippen LogP contribution in [0, 0.1) is 0 Å². The Hall–Kier alpha value is -2.51. The molecule has 3 rings (SSSR count). The zero-order valence-electron chi connectivity index (χ0n) is 13.1. The van der Waals surface area contributed by atoms with E-state index in [-0.39, 0.29) is 17.2 Å². The van der Waals surface area contributed by atoms with E-state index in [4.69, 9.17) is 5.14 Å². The van der Waals surface area contributed by atoms with Gasteiger partial charge in [-0.1, -0.05) is 31.2 Å². The van der Waals surface area contributed by atoms with Gasteiger partial charge in [-0.15, -0.1) is 0 Å². The van der Waals surface area contributed by atoms with Crippen molar-refractivity contribution in [1.82, 2.24) is 9.55 Å². The van der Waals surface area contributed by atoms with E-state index in [9.17, 15) is 13.2 Å². The molecule has 0 amide bonds. The number of carbonyl (C=O) groups excluding carboxylic acids is 1. The summed E-state index contributed by atoms with van der Waals surface area (Å²) in [5, 5.41) is 5.13. The summed E-state index contributed by atoms with van der Waals surface area (Å²) in [5.74, 6) is 0.616. The van der Waals surface area contributed by atoms with Crippen LogP contribution >= 0.6 is 0 Å². The Kier molecular flexibility index (Phi) is 4.21. The van der Waals surface area contributed by atoms with Crippen LogP contribution in [0.3, 0.4) is 0 Å². The first-order valence-corrected chi connectivity index (χ1v) is 9.05. The Labute approximate surface area is 140 Å². The predicted molar refractivity (Wildman–Crippen MR) is 91.3 cm³/mol. The van der Waals surface area contributed by atoms with Gasteiger partial charge in [-0.2, -0.15) is 0 Å². The monoisotopic (exact) mass is 343 g/mol. The number of rotatable bonds is 5. The van der Waals surface area contributed by atoms with Crippen molar-refractivity contribution >= 4 is 26.8 Å². The molecule has 0 radical (unpaired) electrons. The van der Waals surface area contributed by atoms with Crippen LogP contribution in [0.4, 0.5) is 0 Å². The Balaban J connectivity index is 1.99. The van der Waals surface area contributed by atoms with Crippen LogP contribution in [0.1, 0.15) is 23.1 Å². The van der Waals surface area contributed by atoms with E-state index >= 15 is 0 Å². The number of sulfonamides is 1. The highest BCUT2D eigenvalue weighted by Gasteiger charge is 2.16. The average Bonchev–Trinajstić information content (AvgIpc) is 2.92. The molecule has 0 aliphatic rings. The second-order valence-corrected chi connectivity index (χ2v) is 7.01. The molecule has 7 heteroatoms. The second kappa shape index (κ2) is 6.18. The zero-order chi connectivity index (χ0) is 17.3. The highest BCUT2D eigenvalue weighted by atomic mass is 32.2. The van der Waals surface area contributed by atoms with E-state index in [1.54, 1.807) is 6.07 Å². The fourth-order valence-corrected chi connectivity index (χ4v) is 3.21. The standard InChI is InChI=1S/C17H17N3O3S/c1-2-17-19-14-8-3-4-9-15(14)20(17)11-16(21)12-6-5-7-13(10-12)24(18,22)23/h3-10H,2,11H2,1H3,(H2,18,22,23). The van der Waals surface area contributed by atoms with Crippen molar-refractivity contribution < 1.29 is 13.2 Å². The van der Waals surface area contributed by atoms with Gasteiger partial charge in [-0.25, -0.2) is 18.5 Å². The zero-order valence-corrected chi connectivity index (χ0v) is 14.0. The Morgan fingerprint density at radius 1 is 1.17 bits per heavy atom. The Morgan fingerprint density at radius 2 is 1.92 bits per heavy atom. The number of nitrogens with two attached hydrogens (primary N) is 1. The number of hydrogen-bond donors (Lipinski definition) is 1. The van der Waals surface area contributed by atoms with E-state index in [2.05, 4.69) is 4.98 Å². The number of Topliss-reactive ketones (excluding diaryl/α,β-unsaturated/α-hetero) is 1. The van der Waals surface area contributed by atoms with Crippen molar-refractivity contribution in [3.05, 3.63) is 59.9 Å². The summed E-state index contributed by atoms with van der Waals surface area (Å²) in [5.41, 5.74) is 2.02. The number of para-hydroxylation sites is 2. The lowest BCUT2D eigenvalue weighted by Crippen LogP contribution is -2.15. The molecule has 0 bridgehead atoms. The quantitative estimate of drug-likeness (QED) is 0.718. The second-order valence-electron chi connectivity index (χ2n) is 5.45. The molecule has 3 aromatic rings. The number of nitrogens with zero attached hydrogens (tertiary/aromatic N) is 2. The van der Waals surface area contributed by atoms with Crippen LogP contribution < -0.4 is 5.14 Å². The first kappa shape index (κ1) is 16.4. The third-order valence-corrected chi connectivity index (χ3v) is 4.75. The number of carbonyl (C=O) groups is 1. The first-order chi connectivity index (χ1) is 11.4. The highest BCUT2D eigenvalue weighted by Crippen LogP contribution is 2.18. The number of primary sulfonamides is 1. The largest absolute Gasteiger partial charge is 0.320 e. The fraction of sp³-hybridized carbons (Fsp3) is 0.176. The minimum atomic E-state index is -3.84. The maximum absolute atomic E-state index is 12.6. The van der Waals surface area contributed by atoms with E-state index in [1.807, 2.05) is 35.8 Å². The third-order valence-electron chi connectivity index (χ3n) is 3.84. The lowest BCUT2D eigenvalue weighted by Gasteiger charge is -2.08. The van der Waals surface area contributed by atoms with Gasteiger partial charge in [0.15, 0.2) is 5.78 Å². The van der Waals surface area contributed by atoms with Crippen molar-refractivity contribution in [3.63, 3.8) is 0 Å². The number of hydrogen-bond acceptors (Lipinski definition) is 4. The van der Waals surface area contributed by atoms with Gasteiger partial charge in [-0.05, 0) is 24.3 Å². The number of benzene rings is 2. The highest BCUT2D eigenvalue weighted by molar-refractivity contribution is 7.89. The summed E-state index contributed by atoms with van der Waals surface area (Å²) in [6.45, 7) is 2.07. The van der Waals surface area contributed by atoms with Gasteiger partial charge >= 0.3 is 0 Å².